The van der Waals surface area contributed by atoms with E-state index in [9.17, 15) is 4.79 Å². The lowest BCUT2D eigenvalue weighted by Crippen LogP contribution is -2.48. The quantitative estimate of drug-likeness (QED) is 0.755. The van der Waals surface area contributed by atoms with Crippen LogP contribution in [-0.4, -0.2) is 41.7 Å². The van der Waals surface area contributed by atoms with Gasteiger partial charge in [-0.25, -0.2) is 0 Å². The second kappa shape index (κ2) is 6.97. The summed E-state index contributed by atoms with van der Waals surface area (Å²) in [5.41, 5.74) is 5.93. The third kappa shape index (κ3) is 4.64. The third-order valence-corrected chi connectivity index (χ3v) is 3.41. The number of piperidine rings is 1. The van der Waals surface area contributed by atoms with E-state index in [0.717, 1.165) is 38.8 Å². The number of carbonyl (C=O) groups excluding carboxylic acids is 1. The number of aliphatic hydroxyl groups is 1. The Labute approximate surface area is 104 Å². The maximum atomic E-state index is 12.1. The molecular formula is C13H26N2O2. The van der Waals surface area contributed by atoms with Crippen molar-refractivity contribution < 1.29 is 9.90 Å². The minimum Gasteiger partial charge on any atom is -0.396 e. The van der Waals surface area contributed by atoms with Crippen molar-refractivity contribution in [2.75, 3.05) is 19.7 Å². The second-order valence-corrected chi connectivity index (χ2v) is 5.54. The molecule has 0 bridgehead atoms. The number of aliphatic hydroxyl groups excluding tert-OH is 1. The third-order valence-electron chi connectivity index (χ3n) is 3.41. The summed E-state index contributed by atoms with van der Waals surface area (Å²) in [6.45, 7) is 5.97. The lowest BCUT2D eigenvalue weighted by atomic mass is 9.94. The van der Waals surface area contributed by atoms with Crippen molar-refractivity contribution in [2.24, 2.45) is 17.6 Å². The summed E-state index contributed by atoms with van der Waals surface area (Å²) in [7, 11) is 0. The number of amides is 1. The van der Waals surface area contributed by atoms with Crippen molar-refractivity contribution in [3.63, 3.8) is 0 Å². The van der Waals surface area contributed by atoms with E-state index in [-0.39, 0.29) is 18.6 Å². The summed E-state index contributed by atoms with van der Waals surface area (Å²) in [6, 6.07) is -0.358. The van der Waals surface area contributed by atoms with E-state index in [2.05, 4.69) is 13.8 Å². The largest absolute Gasteiger partial charge is 0.396 e. The summed E-state index contributed by atoms with van der Waals surface area (Å²) in [5.74, 6) is 0.984. The van der Waals surface area contributed by atoms with Crippen molar-refractivity contribution in [1.82, 2.24) is 4.90 Å². The highest BCUT2D eigenvalue weighted by Gasteiger charge is 2.26. The Kier molecular flexibility index (Phi) is 5.92. The molecule has 1 fully saturated rings. The molecule has 0 aliphatic carbocycles. The number of nitrogens with two attached hydrogens (primary N) is 1. The fourth-order valence-corrected chi connectivity index (χ4v) is 2.53. The standard InChI is InChI=1S/C13H26N2O2/c1-10(2)8-12(14)13(17)15-6-3-4-11(9-15)5-7-16/h10-12,16H,3-9,14H2,1-2H3/t11?,12-/m0/s1. The molecule has 0 aromatic heterocycles. The molecule has 1 unspecified atom stereocenters. The Hall–Kier alpha value is -0.610. The van der Waals surface area contributed by atoms with Gasteiger partial charge in [-0.05, 0) is 37.5 Å². The van der Waals surface area contributed by atoms with Gasteiger partial charge >= 0.3 is 0 Å². The van der Waals surface area contributed by atoms with Gasteiger partial charge in [-0.15, -0.1) is 0 Å². The topological polar surface area (TPSA) is 66.6 Å². The molecule has 1 aliphatic rings. The van der Waals surface area contributed by atoms with Gasteiger partial charge in [0.15, 0.2) is 0 Å². The van der Waals surface area contributed by atoms with Crippen LogP contribution in [0.2, 0.25) is 0 Å². The number of carbonyl (C=O) groups is 1. The van der Waals surface area contributed by atoms with E-state index in [4.69, 9.17) is 10.8 Å². The van der Waals surface area contributed by atoms with E-state index >= 15 is 0 Å². The van der Waals surface area contributed by atoms with Crippen LogP contribution in [-0.2, 0) is 4.79 Å². The smallest absolute Gasteiger partial charge is 0.239 e. The van der Waals surface area contributed by atoms with E-state index in [1.165, 1.54) is 0 Å². The molecule has 0 aromatic carbocycles. The highest BCUT2D eigenvalue weighted by atomic mass is 16.3. The molecule has 3 N–H and O–H groups in total. The maximum absolute atomic E-state index is 12.1. The van der Waals surface area contributed by atoms with Crippen molar-refractivity contribution in [3.8, 4) is 0 Å². The summed E-state index contributed by atoms with van der Waals surface area (Å²) < 4.78 is 0. The van der Waals surface area contributed by atoms with Crippen LogP contribution in [0.15, 0.2) is 0 Å². The van der Waals surface area contributed by atoms with Gasteiger partial charge in [0.25, 0.3) is 0 Å². The molecule has 17 heavy (non-hydrogen) atoms. The van der Waals surface area contributed by atoms with Gasteiger partial charge in [0.05, 0.1) is 6.04 Å². The first-order valence-electron chi connectivity index (χ1n) is 6.69. The Balaban J connectivity index is 2.45. The SMILES string of the molecule is CC(C)C[C@H](N)C(=O)N1CCCC(CCO)C1. The zero-order valence-corrected chi connectivity index (χ0v) is 11.1. The van der Waals surface area contributed by atoms with E-state index < -0.39 is 0 Å². The van der Waals surface area contributed by atoms with Crippen molar-refractivity contribution in [2.45, 2.75) is 45.6 Å². The normalized spacial score (nSPS) is 22.9. The minimum atomic E-state index is -0.358. The first-order valence-corrected chi connectivity index (χ1v) is 6.69. The molecule has 1 rings (SSSR count). The summed E-state index contributed by atoms with van der Waals surface area (Å²) in [4.78, 5) is 14.0. The molecule has 0 spiro atoms. The van der Waals surface area contributed by atoms with Gasteiger partial charge in [0.2, 0.25) is 5.91 Å². The van der Waals surface area contributed by atoms with Gasteiger partial charge in [0.1, 0.15) is 0 Å². The Morgan fingerprint density at radius 3 is 2.82 bits per heavy atom. The van der Waals surface area contributed by atoms with E-state index in [1.54, 1.807) is 0 Å². The molecule has 4 heteroatoms. The highest BCUT2D eigenvalue weighted by Crippen LogP contribution is 2.20. The van der Waals surface area contributed by atoms with Gasteiger partial charge in [-0.3, -0.25) is 4.79 Å². The van der Waals surface area contributed by atoms with Gasteiger partial charge in [-0.2, -0.15) is 0 Å². The first-order chi connectivity index (χ1) is 8.04. The average molecular weight is 242 g/mol. The van der Waals surface area contributed by atoms with Crippen LogP contribution in [0.3, 0.4) is 0 Å². The summed E-state index contributed by atoms with van der Waals surface area (Å²) >= 11 is 0. The van der Waals surface area contributed by atoms with Crippen LogP contribution in [0.1, 0.15) is 39.5 Å². The molecule has 1 amide bonds. The molecule has 100 valence electrons. The Bertz CT molecular complexity index is 242. The molecule has 0 radical (unpaired) electrons. The minimum absolute atomic E-state index is 0.0846. The molecule has 0 saturated carbocycles. The van der Waals surface area contributed by atoms with Gasteiger partial charge in [-0.1, -0.05) is 13.8 Å². The number of likely N-dealkylation sites (tertiary alicyclic amines) is 1. The zero-order chi connectivity index (χ0) is 12.8. The predicted molar refractivity (Wildman–Crippen MR) is 68.4 cm³/mol. The number of rotatable bonds is 5. The zero-order valence-electron chi connectivity index (χ0n) is 11.1. The number of hydrogen-bond acceptors (Lipinski definition) is 3. The first kappa shape index (κ1) is 14.5. The molecular weight excluding hydrogens is 216 g/mol. The van der Waals surface area contributed by atoms with Crippen LogP contribution < -0.4 is 5.73 Å². The van der Waals surface area contributed by atoms with E-state index in [1.807, 2.05) is 4.90 Å². The molecule has 4 nitrogen and oxygen atoms in total. The molecule has 0 aromatic rings. The number of hydrogen-bond donors (Lipinski definition) is 2. The summed E-state index contributed by atoms with van der Waals surface area (Å²) in [6.07, 6.45) is 3.69. The van der Waals surface area contributed by atoms with Crippen molar-refractivity contribution in [3.05, 3.63) is 0 Å². The summed E-state index contributed by atoms with van der Waals surface area (Å²) in [5, 5.41) is 8.94. The van der Waals surface area contributed by atoms with Crippen molar-refractivity contribution >= 4 is 5.91 Å². The van der Waals surface area contributed by atoms with Gasteiger partial charge in [0, 0.05) is 19.7 Å². The lowest BCUT2D eigenvalue weighted by Gasteiger charge is -2.34. The van der Waals surface area contributed by atoms with Crippen LogP contribution in [0, 0.1) is 11.8 Å². The second-order valence-electron chi connectivity index (χ2n) is 5.54. The number of nitrogens with zero attached hydrogens (tertiary/aromatic N) is 1. The monoisotopic (exact) mass is 242 g/mol. The maximum Gasteiger partial charge on any atom is 0.239 e. The Morgan fingerprint density at radius 1 is 1.53 bits per heavy atom. The van der Waals surface area contributed by atoms with Crippen molar-refractivity contribution in [1.29, 1.82) is 0 Å². The molecule has 2 atom stereocenters. The van der Waals surface area contributed by atoms with Crippen LogP contribution >= 0.6 is 0 Å². The molecule has 1 aliphatic heterocycles. The molecule has 1 heterocycles. The lowest BCUT2D eigenvalue weighted by molar-refractivity contribution is -0.134. The molecule has 1 saturated heterocycles. The predicted octanol–water partition coefficient (Wildman–Crippen LogP) is 0.981. The van der Waals surface area contributed by atoms with E-state index in [0.29, 0.717) is 11.8 Å². The fraction of sp³-hybridized carbons (Fsp3) is 0.923. The van der Waals surface area contributed by atoms with Crippen LogP contribution in [0.25, 0.3) is 0 Å². The average Bonchev–Trinajstić information content (AvgIpc) is 2.28. The van der Waals surface area contributed by atoms with Crippen LogP contribution in [0.5, 0.6) is 0 Å². The van der Waals surface area contributed by atoms with Gasteiger partial charge < -0.3 is 15.7 Å². The fourth-order valence-electron chi connectivity index (χ4n) is 2.53. The Morgan fingerprint density at radius 2 is 2.24 bits per heavy atom. The highest BCUT2D eigenvalue weighted by molar-refractivity contribution is 5.81. The van der Waals surface area contributed by atoms with Crippen LogP contribution in [0.4, 0.5) is 0 Å².